The molecular formula is K2N4O8Pd-2. The third-order valence-corrected chi connectivity index (χ3v) is 0. The Bertz CT molecular complexity index is 78.6. The maximum atomic E-state index is 8.00. The van der Waals surface area contributed by atoms with Crippen molar-refractivity contribution in [2.75, 3.05) is 0 Å². The van der Waals surface area contributed by atoms with Crippen LogP contribution in [0.5, 0.6) is 0 Å². The van der Waals surface area contributed by atoms with Crippen LogP contribution < -0.4 is 103 Å². The van der Waals surface area contributed by atoms with Gasteiger partial charge in [0.05, 0.1) is 0 Å². The maximum Gasteiger partial charge on any atom is 1.00 e. The molecule has 0 saturated carbocycles. The molecule has 0 amide bonds. The fraction of sp³-hybridized carbons (Fsp3) is 0. The van der Waals surface area contributed by atoms with Crippen molar-refractivity contribution in [2.45, 2.75) is 0 Å². The minimum Gasteiger partial charge on any atom is -0.444 e. The molecule has 12 nitrogen and oxygen atoms in total. The molecule has 0 N–H and O–H groups in total. The van der Waals surface area contributed by atoms with Gasteiger partial charge in [-0.3, -0.25) is 0 Å². The minimum atomic E-state index is 0. The van der Waals surface area contributed by atoms with Crippen LogP contribution in [0.1, 0.15) is 0 Å². The molecule has 0 rings (SSSR count). The summed E-state index contributed by atoms with van der Waals surface area (Å²) < 4.78 is 0. The molecule has 0 radical (unpaired) electrons. The standard InChI is InChI=1S/2K.4HNO2.Pd/c;;4*2-1-3;/h;;4*(H,2,3);/q2*+1;;;;;/p-4. The summed E-state index contributed by atoms with van der Waals surface area (Å²) in [6.07, 6.45) is 0. The van der Waals surface area contributed by atoms with E-state index in [2.05, 4.69) is 0 Å². The van der Waals surface area contributed by atoms with Crippen LogP contribution in [0.25, 0.3) is 0 Å². The Morgan fingerprint density at radius 1 is 0.533 bits per heavy atom. The molecule has 15 heavy (non-hydrogen) atoms. The van der Waals surface area contributed by atoms with Gasteiger partial charge in [0.25, 0.3) is 0 Å². The van der Waals surface area contributed by atoms with Crippen LogP contribution in [-0.4, -0.2) is 0 Å². The van der Waals surface area contributed by atoms with Crippen LogP contribution in [0.3, 0.4) is 0 Å². The van der Waals surface area contributed by atoms with Crippen molar-refractivity contribution in [3.63, 3.8) is 0 Å². The van der Waals surface area contributed by atoms with Crippen LogP contribution in [-0.2, 0) is 20.4 Å². The summed E-state index contributed by atoms with van der Waals surface area (Å²) >= 11 is 0. The molecule has 15 heteroatoms. The van der Waals surface area contributed by atoms with Gasteiger partial charge in [-0.1, -0.05) is 0 Å². The molecule has 0 aromatic heterocycles. The zero-order chi connectivity index (χ0) is 10.8. The van der Waals surface area contributed by atoms with E-state index >= 15 is 0 Å². The minimum absolute atomic E-state index is 0. The van der Waals surface area contributed by atoms with E-state index < -0.39 is 0 Å². The van der Waals surface area contributed by atoms with Crippen LogP contribution >= 0.6 is 0 Å². The summed E-state index contributed by atoms with van der Waals surface area (Å²) in [7, 11) is 0. The van der Waals surface area contributed by atoms with Crippen LogP contribution in [0.2, 0.25) is 0 Å². The Morgan fingerprint density at radius 2 is 0.533 bits per heavy atom. The predicted molar refractivity (Wildman–Crippen MR) is 36.6 cm³/mol. The smallest absolute Gasteiger partial charge is 0.444 e. The second kappa shape index (κ2) is 107. The van der Waals surface area contributed by atoms with Crippen molar-refractivity contribution in [3.05, 3.63) is 40.5 Å². The molecule has 0 unspecified atom stereocenters. The number of hydrogen-bond donors (Lipinski definition) is 0. The van der Waals surface area contributed by atoms with Gasteiger partial charge >= 0.3 is 103 Å². The second-order valence-electron chi connectivity index (χ2n) is 0.298. The molecule has 0 aliphatic heterocycles. The van der Waals surface area contributed by atoms with E-state index in [4.69, 9.17) is 40.5 Å². The molecular weight excluding hydrogens is 369 g/mol. The quantitative estimate of drug-likeness (QED) is 0.229. The van der Waals surface area contributed by atoms with Gasteiger partial charge in [-0.15, -0.1) is 21.4 Å². The fourth-order valence-electron chi connectivity index (χ4n) is 0. The molecule has 0 fully saturated rings. The largest absolute Gasteiger partial charge is 1.00 e. The zero-order valence-electron chi connectivity index (χ0n) is 7.37. The Hall–Kier alpha value is 1.54. The topological polar surface area (TPSA) is 210 Å². The average molecular weight is 369 g/mol. The van der Waals surface area contributed by atoms with Crippen molar-refractivity contribution < 1.29 is 123 Å². The summed E-state index contributed by atoms with van der Waals surface area (Å²) in [5, 5.41) is 36.0. The van der Waals surface area contributed by atoms with Gasteiger partial charge in [0.15, 0.2) is 0 Å². The number of nitrogens with zero attached hydrogens (tertiary/aromatic N) is 4. The van der Waals surface area contributed by atoms with Gasteiger partial charge in [-0.05, 0) is 0 Å². The van der Waals surface area contributed by atoms with Gasteiger partial charge < -0.3 is 40.5 Å². The Labute approximate surface area is 181 Å². The predicted octanol–water partition coefficient (Wildman–Crippen LogP) is -4.99. The van der Waals surface area contributed by atoms with E-state index in [1.165, 1.54) is 0 Å². The van der Waals surface area contributed by atoms with E-state index in [0.717, 1.165) is 21.4 Å². The van der Waals surface area contributed by atoms with Crippen molar-refractivity contribution in [3.8, 4) is 0 Å². The third kappa shape index (κ3) is 1210. The molecule has 0 atom stereocenters. The van der Waals surface area contributed by atoms with E-state index in [-0.39, 0.29) is 123 Å². The SMILES string of the molecule is O=N[O-].O=N[O-].O=N[O-].O=N[O-].[K+].[K+].[Pd]. The average Bonchev–Trinajstić information content (AvgIpc) is 1.92. The summed E-state index contributed by atoms with van der Waals surface area (Å²) in [6.45, 7) is 0. The molecule has 0 aliphatic rings. The molecule has 0 aromatic carbocycles. The summed E-state index contributed by atoms with van der Waals surface area (Å²) in [5.74, 6) is 0. The molecule has 0 heterocycles. The molecule has 0 aliphatic carbocycles. The first-order valence-corrected chi connectivity index (χ1v) is 1.46. The monoisotopic (exact) mass is 368 g/mol. The summed E-state index contributed by atoms with van der Waals surface area (Å²) in [6, 6.07) is 0. The zero-order valence-corrected chi connectivity index (χ0v) is 15.2. The van der Waals surface area contributed by atoms with Crippen molar-refractivity contribution in [1.82, 2.24) is 0 Å². The van der Waals surface area contributed by atoms with Gasteiger partial charge in [0.2, 0.25) is 0 Å². The first-order chi connectivity index (χ1) is 5.66. The molecule has 0 saturated heterocycles. The first kappa shape index (κ1) is 43.9. The van der Waals surface area contributed by atoms with Crippen molar-refractivity contribution in [1.29, 1.82) is 0 Å². The third-order valence-electron chi connectivity index (χ3n) is 0. The number of rotatable bonds is 0. The van der Waals surface area contributed by atoms with Gasteiger partial charge in [-0.2, -0.15) is 0 Å². The summed E-state index contributed by atoms with van der Waals surface area (Å²) in [5.41, 5.74) is 0. The summed E-state index contributed by atoms with van der Waals surface area (Å²) in [4.78, 5) is 32.0. The molecule has 82 valence electrons. The molecule has 0 aromatic rings. The van der Waals surface area contributed by atoms with Crippen LogP contribution in [0.4, 0.5) is 0 Å². The van der Waals surface area contributed by atoms with Gasteiger partial charge in [0.1, 0.15) is 0 Å². The Balaban J connectivity index is -0.0000000107. The van der Waals surface area contributed by atoms with E-state index in [1.54, 1.807) is 0 Å². The van der Waals surface area contributed by atoms with E-state index in [1.807, 2.05) is 0 Å². The fourth-order valence-corrected chi connectivity index (χ4v) is 0. The first-order valence-electron chi connectivity index (χ1n) is 1.46. The molecule has 0 spiro atoms. The normalized spacial score (nSPS) is 3.20. The molecule has 0 bridgehead atoms. The van der Waals surface area contributed by atoms with Crippen LogP contribution in [0, 0.1) is 40.5 Å². The number of hydrogen-bond acceptors (Lipinski definition) is 12. The van der Waals surface area contributed by atoms with Crippen molar-refractivity contribution >= 4 is 0 Å². The van der Waals surface area contributed by atoms with Gasteiger partial charge in [-0.25, -0.2) is 0 Å². The van der Waals surface area contributed by atoms with Crippen LogP contribution in [0.15, 0.2) is 21.4 Å². The van der Waals surface area contributed by atoms with E-state index in [9.17, 15) is 0 Å². The Morgan fingerprint density at radius 3 is 0.533 bits per heavy atom. The Kier molecular flexibility index (Phi) is 313. The van der Waals surface area contributed by atoms with Gasteiger partial charge in [0, 0.05) is 20.4 Å². The second-order valence-corrected chi connectivity index (χ2v) is 0.298. The van der Waals surface area contributed by atoms with Crippen molar-refractivity contribution in [2.24, 2.45) is 21.4 Å². The van der Waals surface area contributed by atoms with E-state index in [0.29, 0.717) is 0 Å². The maximum absolute atomic E-state index is 8.00.